The van der Waals surface area contributed by atoms with Crippen LogP contribution in [-0.4, -0.2) is 75.2 Å². The van der Waals surface area contributed by atoms with Gasteiger partial charge in [0, 0.05) is 44.5 Å². The van der Waals surface area contributed by atoms with E-state index in [4.69, 9.17) is 14.5 Å². The fourth-order valence-electron chi connectivity index (χ4n) is 5.82. The van der Waals surface area contributed by atoms with E-state index in [0.29, 0.717) is 16.9 Å². The molecule has 4 heterocycles. The van der Waals surface area contributed by atoms with Crippen molar-refractivity contribution >= 4 is 22.9 Å². The van der Waals surface area contributed by atoms with Crippen LogP contribution in [0.5, 0.6) is 0 Å². The Bertz CT molecular complexity index is 1810. The maximum absolute atomic E-state index is 16.3. The Balaban J connectivity index is 1.84. The Labute approximate surface area is 259 Å². The van der Waals surface area contributed by atoms with Crippen molar-refractivity contribution in [2.24, 2.45) is 0 Å². The molecular weight excluding hydrogens is 586 g/mol. The van der Waals surface area contributed by atoms with E-state index < -0.39 is 29.5 Å². The predicted octanol–water partition coefficient (Wildman–Crippen LogP) is 5.42. The van der Waals surface area contributed by atoms with Gasteiger partial charge in [0.15, 0.2) is 5.65 Å². The Morgan fingerprint density at radius 1 is 1.13 bits per heavy atom. The number of methoxy groups -OCH3 is 1. The SMILES string of the molecule is COCOC(C)c1cccc(F)c1-c1nc2c(cc1F)c(N1CCN(C(=O)O)C[C@@H]1C)nc(=O)n2-c1c(C)ccnc1C(C)C. The van der Waals surface area contributed by atoms with Crippen LogP contribution in [0.15, 0.2) is 41.3 Å². The summed E-state index contributed by atoms with van der Waals surface area (Å²) in [6, 6.07) is 6.93. The summed E-state index contributed by atoms with van der Waals surface area (Å²) in [6.07, 6.45) is -0.0785. The van der Waals surface area contributed by atoms with E-state index in [1.54, 1.807) is 30.2 Å². The number of amides is 1. The zero-order valence-corrected chi connectivity index (χ0v) is 26.0. The third-order valence-electron chi connectivity index (χ3n) is 8.05. The lowest BCUT2D eigenvalue weighted by Gasteiger charge is -2.39. The van der Waals surface area contributed by atoms with Gasteiger partial charge < -0.3 is 24.4 Å². The second kappa shape index (κ2) is 12.9. The lowest BCUT2D eigenvalue weighted by atomic mass is 9.98. The van der Waals surface area contributed by atoms with Gasteiger partial charge in [0.2, 0.25) is 0 Å². The fourth-order valence-corrected chi connectivity index (χ4v) is 5.82. The maximum Gasteiger partial charge on any atom is 0.407 e. The predicted molar refractivity (Wildman–Crippen MR) is 165 cm³/mol. The van der Waals surface area contributed by atoms with Crippen LogP contribution in [0.4, 0.5) is 19.4 Å². The van der Waals surface area contributed by atoms with Crippen molar-refractivity contribution in [1.82, 2.24) is 24.4 Å². The molecule has 0 saturated carbocycles. The Hall–Kier alpha value is -4.49. The zero-order valence-electron chi connectivity index (χ0n) is 26.0. The molecule has 13 heteroatoms. The van der Waals surface area contributed by atoms with Crippen LogP contribution in [0.2, 0.25) is 0 Å². The number of anilines is 1. The highest BCUT2D eigenvalue weighted by molar-refractivity contribution is 5.91. The van der Waals surface area contributed by atoms with Gasteiger partial charge in [-0.05, 0) is 56.0 Å². The molecule has 1 aromatic carbocycles. The maximum atomic E-state index is 16.3. The number of aryl methyl sites for hydroxylation is 1. The van der Waals surface area contributed by atoms with E-state index in [0.717, 1.165) is 5.56 Å². The van der Waals surface area contributed by atoms with Gasteiger partial charge in [-0.2, -0.15) is 4.98 Å². The third-order valence-corrected chi connectivity index (χ3v) is 8.05. The highest BCUT2D eigenvalue weighted by atomic mass is 19.1. The summed E-state index contributed by atoms with van der Waals surface area (Å²) in [4.78, 5) is 42.4. The Morgan fingerprint density at radius 2 is 1.89 bits per heavy atom. The number of aromatic nitrogens is 4. The molecule has 1 aliphatic heterocycles. The van der Waals surface area contributed by atoms with Crippen molar-refractivity contribution in [3.05, 3.63) is 75.5 Å². The average molecular weight is 623 g/mol. The van der Waals surface area contributed by atoms with E-state index in [1.807, 2.05) is 27.7 Å². The number of rotatable bonds is 8. The summed E-state index contributed by atoms with van der Waals surface area (Å²) >= 11 is 0. The number of fused-ring (bicyclic) bond motifs is 1. The highest BCUT2D eigenvalue weighted by Crippen LogP contribution is 2.37. The molecule has 0 aliphatic carbocycles. The lowest BCUT2D eigenvalue weighted by Crippen LogP contribution is -2.54. The smallest absolute Gasteiger partial charge is 0.407 e. The molecule has 1 saturated heterocycles. The second-order valence-corrected chi connectivity index (χ2v) is 11.5. The number of piperazine rings is 1. The van der Waals surface area contributed by atoms with Crippen molar-refractivity contribution in [1.29, 1.82) is 0 Å². The van der Waals surface area contributed by atoms with Crippen molar-refractivity contribution < 1.29 is 28.2 Å². The van der Waals surface area contributed by atoms with E-state index >= 15 is 8.78 Å². The topological polar surface area (TPSA) is 123 Å². The van der Waals surface area contributed by atoms with Crippen LogP contribution in [-0.2, 0) is 9.47 Å². The van der Waals surface area contributed by atoms with Crippen molar-refractivity contribution in [3.63, 3.8) is 0 Å². The van der Waals surface area contributed by atoms with Crippen molar-refractivity contribution in [2.75, 3.05) is 38.4 Å². The summed E-state index contributed by atoms with van der Waals surface area (Å²) in [5, 5.41) is 9.73. The Kier molecular flexibility index (Phi) is 9.12. The molecule has 1 aliphatic rings. The van der Waals surface area contributed by atoms with Crippen LogP contribution in [0.3, 0.4) is 0 Å². The molecule has 1 unspecified atom stereocenters. The first-order valence-corrected chi connectivity index (χ1v) is 14.7. The Morgan fingerprint density at radius 3 is 2.56 bits per heavy atom. The van der Waals surface area contributed by atoms with Crippen LogP contribution in [0.25, 0.3) is 28.0 Å². The monoisotopic (exact) mass is 622 g/mol. The van der Waals surface area contributed by atoms with E-state index in [1.165, 1.54) is 34.8 Å². The first-order valence-electron chi connectivity index (χ1n) is 14.7. The summed E-state index contributed by atoms with van der Waals surface area (Å²) in [7, 11) is 1.46. The number of carboxylic acid groups (broad SMARTS) is 1. The van der Waals surface area contributed by atoms with E-state index in [2.05, 4.69) is 9.97 Å². The molecule has 1 N–H and O–H groups in total. The fraction of sp³-hybridized carbons (Fsp3) is 0.406. The van der Waals surface area contributed by atoms with Gasteiger partial charge in [-0.3, -0.25) is 4.98 Å². The number of halogens is 2. The van der Waals surface area contributed by atoms with Crippen molar-refractivity contribution in [3.8, 4) is 16.9 Å². The molecule has 2 atom stereocenters. The molecular formula is C32H36F2N6O5. The normalized spacial score (nSPS) is 16.1. The van der Waals surface area contributed by atoms with Gasteiger partial charge in [-0.25, -0.2) is 27.9 Å². The third kappa shape index (κ3) is 5.97. The molecule has 1 amide bonds. The van der Waals surface area contributed by atoms with Crippen LogP contribution >= 0.6 is 0 Å². The van der Waals surface area contributed by atoms with E-state index in [9.17, 15) is 14.7 Å². The summed E-state index contributed by atoms with van der Waals surface area (Å²) in [5.74, 6) is -1.47. The molecule has 0 spiro atoms. The van der Waals surface area contributed by atoms with Gasteiger partial charge in [0.05, 0.1) is 22.9 Å². The van der Waals surface area contributed by atoms with E-state index in [-0.39, 0.29) is 66.5 Å². The standard InChI is InChI=1S/C32H36F2N6O5/c1-17(2)26-28(18(3)10-11-35-26)40-30-22(29(37-31(40)41)39-13-12-38(32(42)43)15-19(39)4)14-24(34)27(36-30)25-21(8-7-9-23(25)33)20(5)45-16-44-6/h7-11,14,17,19-20H,12-13,15-16H2,1-6H3,(H,42,43)/t19-,20?/m0/s1. The summed E-state index contributed by atoms with van der Waals surface area (Å²) in [6.45, 7) is 9.69. The van der Waals surface area contributed by atoms with Gasteiger partial charge in [0.1, 0.15) is 29.9 Å². The van der Waals surface area contributed by atoms with Gasteiger partial charge in [-0.1, -0.05) is 26.0 Å². The van der Waals surface area contributed by atoms with Crippen LogP contribution in [0, 0.1) is 18.6 Å². The molecule has 1 fully saturated rings. The van der Waals surface area contributed by atoms with Gasteiger partial charge >= 0.3 is 11.8 Å². The number of hydrogen-bond acceptors (Lipinski definition) is 8. The average Bonchev–Trinajstić information content (AvgIpc) is 2.99. The molecule has 5 rings (SSSR count). The van der Waals surface area contributed by atoms with Crippen LogP contribution in [0.1, 0.15) is 56.5 Å². The van der Waals surface area contributed by atoms with Crippen molar-refractivity contribution in [2.45, 2.75) is 52.7 Å². The number of hydrogen-bond donors (Lipinski definition) is 1. The summed E-state index contributed by atoms with van der Waals surface area (Å²) < 4.78 is 43.9. The molecule has 45 heavy (non-hydrogen) atoms. The molecule has 0 bridgehead atoms. The minimum atomic E-state index is -1.05. The number of pyridine rings is 2. The lowest BCUT2D eigenvalue weighted by molar-refractivity contribution is -0.0665. The molecule has 11 nitrogen and oxygen atoms in total. The van der Waals surface area contributed by atoms with Gasteiger partial charge in [0.25, 0.3) is 0 Å². The number of carbonyl (C=O) groups is 1. The molecule has 238 valence electrons. The van der Waals surface area contributed by atoms with Gasteiger partial charge in [-0.15, -0.1) is 0 Å². The summed E-state index contributed by atoms with van der Waals surface area (Å²) in [5.41, 5.74) is 1.11. The quantitative estimate of drug-likeness (QED) is 0.257. The number of benzene rings is 1. The highest BCUT2D eigenvalue weighted by Gasteiger charge is 2.31. The largest absolute Gasteiger partial charge is 0.465 e. The second-order valence-electron chi connectivity index (χ2n) is 11.5. The first kappa shape index (κ1) is 31.9. The molecule has 0 radical (unpaired) electrons. The molecule has 3 aromatic heterocycles. The van der Waals surface area contributed by atoms with Crippen LogP contribution < -0.4 is 10.6 Å². The minimum Gasteiger partial charge on any atom is -0.465 e. The first-order chi connectivity index (χ1) is 21.4. The number of ether oxygens (including phenoxy) is 2. The molecule has 4 aromatic rings. The number of nitrogens with zero attached hydrogens (tertiary/aromatic N) is 6. The zero-order chi connectivity index (χ0) is 32.6. The minimum absolute atomic E-state index is 0.0620.